The predicted molar refractivity (Wildman–Crippen MR) is 225 cm³/mol. The summed E-state index contributed by atoms with van der Waals surface area (Å²) in [6.45, 7) is 8.50. The fraction of sp³-hybridized carbons (Fsp3) is 0.458. The Kier molecular flexibility index (Phi) is 12.3. The van der Waals surface area contributed by atoms with Gasteiger partial charge < -0.3 is 15.1 Å². The van der Waals surface area contributed by atoms with Crippen molar-refractivity contribution >= 4 is 29.1 Å². The summed E-state index contributed by atoms with van der Waals surface area (Å²) >= 11 is 0. The van der Waals surface area contributed by atoms with Crippen LogP contribution in [0.2, 0.25) is 0 Å². The molecule has 55 heavy (non-hydrogen) atoms. The van der Waals surface area contributed by atoms with Crippen molar-refractivity contribution in [3.63, 3.8) is 0 Å². The fourth-order valence-corrected chi connectivity index (χ4v) is 9.73. The van der Waals surface area contributed by atoms with E-state index in [1.54, 1.807) is 0 Å². The molecular formula is C48H58N5O2. The van der Waals surface area contributed by atoms with Gasteiger partial charge in [-0.25, -0.2) is 0 Å². The van der Waals surface area contributed by atoms with Crippen molar-refractivity contribution in [2.45, 2.75) is 89.3 Å². The van der Waals surface area contributed by atoms with E-state index >= 15 is 0 Å². The average Bonchev–Trinajstić information content (AvgIpc) is 3.25. The molecular weight excluding hydrogens is 679 g/mol. The molecule has 0 unspecified atom stereocenters. The molecule has 1 radical (unpaired) electrons. The Balaban J connectivity index is 1.00. The van der Waals surface area contributed by atoms with E-state index < -0.39 is 0 Å². The molecule has 8 rings (SSSR count). The second-order valence-electron chi connectivity index (χ2n) is 16.3. The molecule has 287 valence electrons. The van der Waals surface area contributed by atoms with E-state index in [1.165, 1.54) is 86.6 Å². The van der Waals surface area contributed by atoms with Crippen molar-refractivity contribution in [1.29, 1.82) is 0 Å². The Bertz CT molecular complexity index is 1880. The minimum absolute atomic E-state index is 0.0308. The number of hydrogen-bond donors (Lipinski definition) is 1. The zero-order valence-electron chi connectivity index (χ0n) is 32.6. The van der Waals surface area contributed by atoms with Crippen LogP contribution in [-0.4, -0.2) is 80.3 Å². The second kappa shape index (κ2) is 18.0. The maximum atomic E-state index is 14.6. The lowest BCUT2D eigenvalue weighted by Gasteiger charge is -2.40. The van der Waals surface area contributed by atoms with Crippen LogP contribution >= 0.6 is 0 Å². The molecule has 4 aromatic rings. The minimum Gasteiger partial charge on any atom is -0.382 e. The summed E-state index contributed by atoms with van der Waals surface area (Å²) in [6, 6.07) is 31.9. The number of nitrogens with zero attached hydrogens (tertiary/aromatic N) is 4. The highest BCUT2D eigenvalue weighted by Gasteiger charge is 2.31. The Morgan fingerprint density at radius 1 is 0.600 bits per heavy atom. The van der Waals surface area contributed by atoms with Gasteiger partial charge in [-0.1, -0.05) is 111 Å². The number of hydrogen-bond acceptors (Lipinski definition) is 7. The molecule has 0 spiro atoms. The van der Waals surface area contributed by atoms with Gasteiger partial charge in [0.25, 0.3) is 0 Å². The van der Waals surface area contributed by atoms with Gasteiger partial charge in [-0.05, 0) is 66.5 Å². The van der Waals surface area contributed by atoms with Crippen molar-refractivity contribution in [2.24, 2.45) is 0 Å². The van der Waals surface area contributed by atoms with E-state index in [4.69, 9.17) is 0 Å². The third-order valence-corrected chi connectivity index (χ3v) is 12.8. The Morgan fingerprint density at radius 3 is 1.87 bits per heavy atom. The Morgan fingerprint density at radius 2 is 1.18 bits per heavy atom. The van der Waals surface area contributed by atoms with Crippen molar-refractivity contribution in [3.8, 4) is 0 Å². The predicted octanol–water partition coefficient (Wildman–Crippen LogP) is 8.81. The summed E-state index contributed by atoms with van der Waals surface area (Å²) in [5, 5.41) is 3.87. The average molecular weight is 737 g/mol. The third-order valence-electron chi connectivity index (χ3n) is 12.8. The van der Waals surface area contributed by atoms with Gasteiger partial charge in [-0.2, -0.15) is 0 Å². The van der Waals surface area contributed by atoms with E-state index in [2.05, 4.69) is 79.7 Å². The van der Waals surface area contributed by atoms with Crippen LogP contribution in [0, 0.1) is 0 Å². The van der Waals surface area contributed by atoms with Crippen LogP contribution in [-0.2, 0) is 17.9 Å². The van der Waals surface area contributed by atoms with Crippen molar-refractivity contribution < 1.29 is 9.59 Å². The lowest BCUT2D eigenvalue weighted by atomic mass is 9.82. The first-order chi connectivity index (χ1) is 27.1. The van der Waals surface area contributed by atoms with Gasteiger partial charge in [0.15, 0.2) is 5.78 Å². The number of carbonyl (C=O) groups excluding carboxylic acids is 2. The van der Waals surface area contributed by atoms with Crippen molar-refractivity contribution in [3.05, 3.63) is 124 Å². The SMILES string of the molecule is O=[C]c1ccc(N2CCN(Cc3ccccc3NC3CCCCC3)CC2)c(C(=O)c2ccccc2)c1N1CCN(Cc2ccccc2C2CCCCC2)CC1. The number of nitrogens with one attached hydrogen (secondary N) is 1. The molecule has 7 heteroatoms. The maximum Gasteiger partial charge on any atom is 0.235 e. The number of piperazine rings is 2. The van der Waals surface area contributed by atoms with Gasteiger partial charge in [-0.15, -0.1) is 0 Å². The molecule has 2 aliphatic heterocycles. The van der Waals surface area contributed by atoms with E-state index in [0.29, 0.717) is 28.7 Å². The number of carbonyl (C=O) groups is 1. The van der Waals surface area contributed by atoms with Crippen LogP contribution in [0.25, 0.3) is 0 Å². The summed E-state index contributed by atoms with van der Waals surface area (Å²) in [4.78, 5) is 37.0. The third kappa shape index (κ3) is 8.84. The van der Waals surface area contributed by atoms with Gasteiger partial charge >= 0.3 is 0 Å². The second-order valence-corrected chi connectivity index (χ2v) is 16.3. The Labute approximate surface area is 328 Å². The van der Waals surface area contributed by atoms with E-state index in [0.717, 1.165) is 76.8 Å². The number of para-hydroxylation sites is 1. The molecule has 4 aromatic carbocycles. The van der Waals surface area contributed by atoms with Crippen LogP contribution in [0.1, 0.15) is 108 Å². The standard InChI is InChI=1S/C48H58N5O2/c54-36-41-24-25-45(52-30-26-51(27-31-52)35-40-19-11-13-23-44(40)49-42-20-8-3-9-21-42)46(48(55)38-16-6-2-7-17-38)47(41)53-32-28-50(29-33-53)34-39-18-10-12-22-43(39)37-14-4-1-5-15-37/h2,6-7,10-13,16-19,22-25,37,42,49H,1,3-5,8-9,14-15,20-21,26-35H2. The largest absolute Gasteiger partial charge is 0.382 e. The maximum absolute atomic E-state index is 14.6. The molecule has 0 bridgehead atoms. The van der Waals surface area contributed by atoms with Crippen molar-refractivity contribution in [1.82, 2.24) is 9.80 Å². The van der Waals surface area contributed by atoms with Crippen LogP contribution in [0.4, 0.5) is 17.1 Å². The molecule has 4 fully saturated rings. The van der Waals surface area contributed by atoms with Crippen LogP contribution < -0.4 is 15.1 Å². The zero-order valence-corrected chi connectivity index (χ0v) is 32.6. The topological polar surface area (TPSA) is 59.1 Å². The number of ketones is 1. The first-order valence-corrected chi connectivity index (χ1v) is 21.2. The van der Waals surface area contributed by atoms with Crippen molar-refractivity contribution in [2.75, 3.05) is 67.5 Å². The van der Waals surface area contributed by atoms with E-state index in [9.17, 15) is 9.59 Å². The molecule has 2 saturated carbocycles. The Hall–Kier alpha value is -4.46. The summed E-state index contributed by atoms with van der Waals surface area (Å²) in [5.74, 6) is 0.642. The summed E-state index contributed by atoms with van der Waals surface area (Å²) in [6.07, 6.45) is 15.4. The molecule has 0 atom stereocenters. The number of benzene rings is 4. The number of anilines is 3. The smallest absolute Gasteiger partial charge is 0.235 e. The fourth-order valence-electron chi connectivity index (χ4n) is 9.73. The van der Waals surface area contributed by atoms with Gasteiger partial charge in [-0.3, -0.25) is 19.4 Å². The first-order valence-electron chi connectivity index (χ1n) is 21.2. The lowest BCUT2D eigenvalue weighted by Crippen LogP contribution is -2.48. The lowest BCUT2D eigenvalue weighted by molar-refractivity contribution is 0.103. The van der Waals surface area contributed by atoms with Gasteiger partial charge in [0.1, 0.15) is 0 Å². The molecule has 2 saturated heterocycles. The molecule has 0 amide bonds. The molecule has 2 aliphatic carbocycles. The van der Waals surface area contributed by atoms with Crippen LogP contribution in [0.3, 0.4) is 0 Å². The first kappa shape index (κ1) is 37.5. The summed E-state index contributed by atoms with van der Waals surface area (Å²) < 4.78 is 0. The minimum atomic E-state index is -0.0308. The summed E-state index contributed by atoms with van der Waals surface area (Å²) in [5.41, 5.74) is 9.03. The van der Waals surface area contributed by atoms with Gasteiger partial charge in [0, 0.05) is 82.7 Å². The molecule has 1 N–H and O–H groups in total. The quantitative estimate of drug-likeness (QED) is 0.146. The molecule has 4 aliphatic rings. The molecule has 2 heterocycles. The number of rotatable bonds is 12. The highest BCUT2D eigenvalue weighted by molar-refractivity contribution is 6.17. The van der Waals surface area contributed by atoms with Gasteiger partial charge in [0.2, 0.25) is 6.29 Å². The van der Waals surface area contributed by atoms with E-state index in [-0.39, 0.29) is 5.78 Å². The zero-order chi connectivity index (χ0) is 37.4. The highest BCUT2D eigenvalue weighted by Crippen LogP contribution is 2.38. The highest BCUT2D eigenvalue weighted by atomic mass is 16.1. The van der Waals surface area contributed by atoms with Gasteiger partial charge in [0.05, 0.1) is 22.5 Å². The van der Waals surface area contributed by atoms with Crippen LogP contribution in [0.15, 0.2) is 91.0 Å². The van der Waals surface area contributed by atoms with Crippen LogP contribution in [0.5, 0.6) is 0 Å². The molecule has 0 aromatic heterocycles. The monoisotopic (exact) mass is 736 g/mol. The molecule has 7 nitrogen and oxygen atoms in total. The normalized spacial score (nSPS) is 19.3. The summed E-state index contributed by atoms with van der Waals surface area (Å²) in [7, 11) is 0. The van der Waals surface area contributed by atoms with E-state index in [1.807, 2.05) is 42.5 Å².